The molecule has 0 spiro atoms. The number of allylic oxidation sites excluding steroid dienone is 3. The summed E-state index contributed by atoms with van der Waals surface area (Å²) in [5.41, 5.74) is 1.94. The fraction of sp³-hybridized carbons (Fsp3) is 0.188. The van der Waals surface area contributed by atoms with Crippen molar-refractivity contribution in [3.05, 3.63) is 53.3 Å². The van der Waals surface area contributed by atoms with Gasteiger partial charge in [-0.3, -0.25) is 14.4 Å². The van der Waals surface area contributed by atoms with Gasteiger partial charge in [-0.15, -0.1) is 0 Å². The Kier molecular flexibility index (Phi) is 3.94. The maximum Gasteiger partial charge on any atom is 0.329 e. The lowest BCUT2D eigenvalue weighted by molar-refractivity contribution is -0.151. The van der Waals surface area contributed by atoms with Gasteiger partial charge in [-0.25, -0.2) is 0 Å². The zero-order valence-corrected chi connectivity index (χ0v) is 11.3. The van der Waals surface area contributed by atoms with Gasteiger partial charge >= 0.3 is 5.97 Å². The van der Waals surface area contributed by atoms with Crippen LogP contribution in [0.15, 0.2) is 42.2 Å². The minimum absolute atomic E-state index is 0.214. The highest BCUT2D eigenvalue weighted by Gasteiger charge is 2.36. The monoisotopic (exact) mass is 270 g/mol. The molecule has 1 atom stereocenters. The van der Waals surface area contributed by atoms with Crippen molar-refractivity contribution in [2.75, 3.05) is 0 Å². The minimum atomic E-state index is -1.37. The number of hydrogen-bond donors (Lipinski definition) is 0. The molecule has 0 saturated heterocycles. The van der Waals surface area contributed by atoms with E-state index in [9.17, 15) is 14.4 Å². The number of ketones is 2. The number of cyclic esters (lactones) is 1. The number of benzene rings is 1. The zero-order chi connectivity index (χ0) is 14.7. The summed E-state index contributed by atoms with van der Waals surface area (Å²) < 4.78 is 4.80. The summed E-state index contributed by atoms with van der Waals surface area (Å²) in [6.07, 6.45) is 3.99. The predicted molar refractivity (Wildman–Crippen MR) is 73.6 cm³/mol. The average molecular weight is 270 g/mol. The first-order valence-electron chi connectivity index (χ1n) is 6.20. The molecule has 1 heterocycles. The molecule has 4 heteroatoms. The molecule has 1 aliphatic heterocycles. The van der Waals surface area contributed by atoms with E-state index in [-0.39, 0.29) is 5.76 Å². The Morgan fingerprint density at radius 2 is 1.80 bits per heavy atom. The molecule has 0 fully saturated rings. The molecule has 0 aliphatic carbocycles. The highest BCUT2D eigenvalue weighted by Crippen LogP contribution is 2.16. The highest BCUT2D eigenvalue weighted by atomic mass is 16.5. The van der Waals surface area contributed by atoms with Crippen LogP contribution in [-0.4, -0.2) is 17.5 Å². The van der Waals surface area contributed by atoms with Crippen LogP contribution in [0, 0.1) is 12.8 Å². The summed E-state index contributed by atoms with van der Waals surface area (Å²) >= 11 is 0. The molecule has 1 aromatic carbocycles. The minimum Gasteiger partial charge on any atom is -0.430 e. The Labute approximate surface area is 116 Å². The quantitative estimate of drug-likeness (QED) is 0.480. The van der Waals surface area contributed by atoms with Crippen LogP contribution in [0.5, 0.6) is 0 Å². The van der Waals surface area contributed by atoms with Gasteiger partial charge in [-0.1, -0.05) is 35.9 Å². The molecule has 1 aliphatic rings. The molecule has 20 heavy (non-hydrogen) atoms. The predicted octanol–water partition coefficient (Wildman–Crippen LogP) is 2.22. The van der Waals surface area contributed by atoms with Crippen molar-refractivity contribution in [2.45, 2.75) is 13.8 Å². The Morgan fingerprint density at radius 3 is 2.40 bits per heavy atom. The standard InChI is InChI=1S/C16H14O4/c1-10-3-5-12(6-4-10)7-8-13(17)15-14(18)9-11(2)20-16(15)19/h3-9,15H,1-2H3/b8-7+. The van der Waals surface area contributed by atoms with Crippen LogP contribution in [0.2, 0.25) is 0 Å². The molecule has 0 amide bonds. The van der Waals surface area contributed by atoms with Gasteiger partial charge in [-0.2, -0.15) is 0 Å². The van der Waals surface area contributed by atoms with Gasteiger partial charge in [0, 0.05) is 6.08 Å². The summed E-state index contributed by atoms with van der Waals surface area (Å²) in [6, 6.07) is 7.53. The van der Waals surface area contributed by atoms with Crippen LogP contribution in [0.4, 0.5) is 0 Å². The summed E-state index contributed by atoms with van der Waals surface area (Å²) in [7, 11) is 0. The maximum atomic E-state index is 11.9. The number of rotatable bonds is 3. The largest absolute Gasteiger partial charge is 0.430 e. The van der Waals surface area contributed by atoms with Crippen LogP contribution in [0.1, 0.15) is 18.1 Å². The van der Waals surface area contributed by atoms with Crippen molar-refractivity contribution >= 4 is 23.6 Å². The Bertz CT molecular complexity index is 620. The van der Waals surface area contributed by atoms with Gasteiger partial charge in [0.2, 0.25) is 0 Å². The van der Waals surface area contributed by atoms with Crippen molar-refractivity contribution in [3.8, 4) is 0 Å². The number of carbonyl (C=O) groups excluding carboxylic acids is 3. The van der Waals surface area contributed by atoms with Gasteiger partial charge < -0.3 is 4.74 Å². The van der Waals surface area contributed by atoms with Crippen molar-refractivity contribution in [3.63, 3.8) is 0 Å². The van der Waals surface area contributed by atoms with Crippen molar-refractivity contribution < 1.29 is 19.1 Å². The summed E-state index contributed by atoms with van der Waals surface area (Å²) in [4.78, 5) is 35.2. The van der Waals surface area contributed by atoms with Crippen molar-refractivity contribution in [1.29, 1.82) is 0 Å². The average Bonchev–Trinajstić information content (AvgIpc) is 2.37. The summed E-state index contributed by atoms with van der Waals surface area (Å²) in [6.45, 7) is 3.46. The zero-order valence-electron chi connectivity index (χ0n) is 11.3. The lowest BCUT2D eigenvalue weighted by atomic mass is 9.96. The normalized spacial score (nSPS) is 18.9. The van der Waals surface area contributed by atoms with E-state index < -0.39 is 23.5 Å². The number of aryl methyl sites for hydroxylation is 1. The van der Waals surface area contributed by atoms with Gasteiger partial charge in [0.15, 0.2) is 17.5 Å². The second kappa shape index (κ2) is 5.65. The van der Waals surface area contributed by atoms with Gasteiger partial charge in [0.1, 0.15) is 5.76 Å². The molecule has 0 radical (unpaired) electrons. The Morgan fingerprint density at radius 1 is 1.15 bits per heavy atom. The Balaban J connectivity index is 2.14. The van der Waals surface area contributed by atoms with Gasteiger partial charge in [-0.05, 0) is 25.5 Å². The summed E-state index contributed by atoms with van der Waals surface area (Å²) in [5, 5.41) is 0. The van der Waals surface area contributed by atoms with Crippen LogP contribution in [0.25, 0.3) is 6.08 Å². The number of esters is 1. The first kappa shape index (κ1) is 13.9. The molecule has 102 valence electrons. The number of ether oxygens (including phenoxy) is 1. The molecular weight excluding hydrogens is 256 g/mol. The third-order valence-corrected chi connectivity index (χ3v) is 2.93. The van der Waals surface area contributed by atoms with Crippen LogP contribution in [0.3, 0.4) is 0 Å². The molecule has 4 nitrogen and oxygen atoms in total. The lowest BCUT2D eigenvalue weighted by Crippen LogP contribution is -2.34. The molecule has 0 aromatic heterocycles. The van der Waals surface area contributed by atoms with Gasteiger partial charge in [0.05, 0.1) is 0 Å². The smallest absolute Gasteiger partial charge is 0.329 e. The topological polar surface area (TPSA) is 60.4 Å². The van der Waals surface area contributed by atoms with E-state index in [0.29, 0.717) is 0 Å². The van der Waals surface area contributed by atoms with Crippen LogP contribution in [-0.2, 0) is 19.1 Å². The van der Waals surface area contributed by atoms with E-state index in [0.717, 1.165) is 11.1 Å². The van der Waals surface area contributed by atoms with Crippen molar-refractivity contribution in [2.24, 2.45) is 5.92 Å². The Hall–Kier alpha value is -2.49. The van der Waals surface area contributed by atoms with Crippen LogP contribution < -0.4 is 0 Å². The first-order chi connectivity index (χ1) is 9.47. The highest BCUT2D eigenvalue weighted by molar-refractivity contribution is 6.25. The van der Waals surface area contributed by atoms with E-state index in [4.69, 9.17) is 4.74 Å². The second-order valence-corrected chi connectivity index (χ2v) is 4.66. The third-order valence-electron chi connectivity index (χ3n) is 2.93. The molecule has 2 rings (SSSR count). The van der Waals surface area contributed by atoms with E-state index in [1.165, 1.54) is 19.1 Å². The van der Waals surface area contributed by atoms with Crippen LogP contribution >= 0.6 is 0 Å². The fourth-order valence-electron chi connectivity index (χ4n) is 1.86. The molecular formula is C16H14O4. The lowest BCUT2D eigenvalue weighted by Gasteiger charge is -2.15. The summed E-state index contributed by atoms with van der Waals surface area (Å²) in [5.74, 6) is -3.07. The van der Waals surface area contributed by atoms with E-state index in [1.54, 1.807) is 6.08 Å². The van der Waals surface area contributed by atoms with Crippen molar-refractivity contribution in [1.82, 2.24) is 0 Å². The van der Waals surface area contributed by atoms with Gasteiger partial charge in [0.25, 0.3) is 0 Å². The molecule has 0 saturated carbocycles. The van der Waals surface area contributed by atoms with E-state index in [1.807, 2.05) is 31.2 Å². The molecule has 0 bridgehead atoms. The number of carbonyl (C=O) groups is 3. The molecule has 1 unspecified atom stereocenters. The SMILES string of the molecule is CC1=CC(=O)C(C(=O)/C=C/c2ccc(C)cc2)C(=O)O1. The number of hydrogen-bond acceptors (Lipinski definition) is 4. The molecule has 0 N–H and O–H groups in total. The molecule has 1 aromatic rings. The third kappa shape index (κ3) is 3.09. The first-order valence-corrected chi connectivity index (χ1v) is 6.20. The fourth-order valence-corrected chi connectivity index (χ4v) is 1.86. The van der Waals surface area contributed by atoms with E-state index >= 15 is 0 Å². The second-order valence-electron chi connectivity index (χ2n) is 4.66. The maximum absolute atomic E-state index is 11.9. The van der Waals surface area contributed by atoms with E-state index in [2.05, 4.69) is 0 Å².